The summed E-state index contributed by atoms with van der Waals surface area (Å²) in [5, 5.41) is 3.08. The summed E-state index contributed by atoms with van der Waals surface area (Å²) in [5.41, 5.74) is 1.89. The van der Waals surface area contributed by atoms with Crippen LogP contribution in [0.15, 0.2) is 65.6 Å². The molecule has 1 unspecified atom stereocenters. The summed E-state index contributed by atoms with van der Waals surface area (Å²) in [4.78, 5) is 29.2. The molecule has 3 aromatic rings. The van der Waals surface area contributed by atoms with Crippen LogP contribution in [0.1, 0.15) is 43.7 Å². The Labute approximate surface area is 271 Å². The first kappa shape index (κ1) is 34.4. The number of hydrogen-bond acceptors (Lipinski definition) is 8. The third-order valence-corrected chi connectivity index (χ3v) is 9.94. The molecule has 1 fully saturated rings. The van der Waals surface area contributed by atoms with E-state index in [-0.39, 0.29) is 40.6 Å². The molecule has 1 aliphatic carbocycles. The Morgan fingerprint density at radius 2 is 1.54 bits per heavy atom. The van der Waals surface area contributed by atoms with E-state index in [4.69, 9.17) is 18.9 Å². The van der Waals surface area contributed by atoms with Gasteiger partial charge < -0.3 is 29.2 Å². The van der Waals surface area contributed by atoms with Gasteiger partial charge in [0.15, 0.2) is 11.5 Å². The number of nitrogens with one attached hydrogen (secondary N) is 1. The number of rotatable bonds is 14. The first-order chi connectivity index (χ1) is 22.0. The topological polar surface area (TPSA) is 124 Å². The Balaban J connectivity index is 1.79. The summed E-state index contributed by atoms with van der Waals surface area (Å²) in [6, 6.07) is 15.7. The molecular weight excluding hydrogens is 610 g/mol. The van der Waals surface area contributed by atoms with E-state index in [9.17, 15) is 18.0 Å². The zero-order valence-electron chi connectivity index (χ0n) is 27.2. The Hall–Kier alpha value is -4.45. The molecule has 1 N–H and O–H groups in total. The van der Waals surface area contributed by atoms with Crippen molar-refractivity contribution >= 4 is 27.5 Å². The number of anilines is 1. The van der Waals surface area contributed by atoms with E-state index in [1.165, 1.54) is 57.6 Å². The quantitative estimate of drug-likeness (QED) is 0.266. The van der Waals surface area contributed by atoms with Crippen LogP contribution in [-0.4, -0.2) is 72.2 Å². The Morgan fingerprint density at radius 1 is 0.870 bits per heavy atom. The van der Waals surface area contributed by atoms with Gasteiger partial charge in [-0.3, -0.25) is 13.9 Å². The van der Waals surface area contributed by atoms with Crippen molar-refractivity contribution in [3.8, 4) is 23.0 Å². The van der Waals surface area contributed by atoms with Gasteiger partial charge in [0, 0.05) is 24.7 Å². The number of carbonyl (C=O) groups excluding carboxylic acids is 2. The van der Waals surface area contributed by atoms with Crippen LogP contribution in [0.2, 0.25) is 0 Å². The lowest BCUT2D eigenvalue weighted by Crippen LogP contribution is -2.52. The molecule has 2 amide bonds. The van der Waals surface area contributed by atoms with Gasteiger partial charge in [-0.2, -0.15) is 0 Å². The van der Waals surface area contributed by atoms with Gasteiger partial charge in [0.05, 0.1) is 39.0 Å². The van der Waals surface area contributed by atoms with Gasteiger partial charge in [-0.1, -0.05) is 42.7 Å². The van der Waals surface area contributed by atoms with Gasteiger partial charge in [-0.15, -0.1) is 0 Å². The number of nitrogens with zero attached hydrogens (tertiary/aromatic N) is 2. The molecule has 1 saturated carbocycles. The number of amides is 2. The summed E-state index contributed by atoms with van der Waals surface area (Å²) in [6.45, 7) is 3.07. The van der Waals surface area contributed by atoms with Gasteiger partial charge in [0.1, 0.15) is 24.1 Å². The molecule has 0 aliphatic heterocycles. The second kappa shape index (κ2) is 15.2. The molecule has 3 aromatic carbocycles. The highest BCUT2D eigenvalue weighted by Crippen LogP contribution is 2.38. The normalized spacial score (nSPS) is 13.9. The maximum absolute atomic E-state index is 14.4. The minimum Gasteiger partial charge on any atom is -0.497 e. The Bertz CT molecular complexity index is 1640. The fourth-order valence-corrected chi connectivity index (χ4v) is 7.02. The first-order valence-corrected chi connectivity index (χ1v) is 16.6. The third kappa shape index (κ3) is 7.85. The predicted molar refractivity (Wildman–Crippen MR) is 175 cm³/mol. The number of sulfonamides is 1. The maximum Gasteiger partial charge on any atom is 0.265 e. The van der Waals surface area contributed by atoms with E-state index in [1.54, 1.807) is 19.1 Å². The van der Waals surface area contributed by atoms with Crippen LogP contribution in [0, 0.1) is 6.92 Å². The molecule has 12 heteroatoms. The summed E-state index contributed by atoms with van der Waals surface area (Å²) in [7, 11) is 1.29. The van der Waals surface area contributed by atoms with Crippen molar-refractivity contribution in [1.29, 1.82) is 0 Å². The third-order valence-electron chi connectivity index (χ3n) is 8.18. The van der Waals surface area contributed by atoms with E-state index in [1.807, 2.05) is 31.2 Å². The van der Waals surface area contributed by atoms with E-state index in [0.717, 1.165) is 41.1 Å². The molecule has 1 aliphatic rings. The average molecular weight is 654 g/mol. The highest BCUT2D eigenvalue weighted by molar-refractivity contribution is 7.92. The number of benzene rings is 3. The summed E-state index contributed by atoms with van der Waals surface area (Å²) >= 11 is 0. The van der Waals surface area contributed by atoms with Crippen LogP contribution < -0.4 is 28.6 Å². The number of ether oxygens (including phenoxy) is 4. The van der Waals surface area contributed by atoms with Gasteiger partial charge in [0.25, 0.3) is 10.0 Å². The van der Waals surface area contributed by atoms with Gasteiger partial charge in [-0.25, -0.2) is 8.42 Å². The molecule has 0 heterocycles. The molecule has 0 radical (unpaired) electrons. The first-order valence-electron chi connectivity index (χ1n) is 15.1. The number of hydrogen-bond donors (Lipinski definition) is 1. The molecule has 0 aromatic heterocycles. The largest absolute Gasteiger partial charge is 0.497 e. The molecule has 11 nitrogen and oxygen atoms in total. The second-order valence-electron chi connectivity index (χ2n) is 11.2. The molecule has 248 valence electrons. The number of methoxy groups -OCH3 is 4. The monoisotopic (exact) mass is 653 g/mol. The van der Waals surface area contributed by atoms with Crippen molar-refractivity contribution in [1.82, 2.24) is 10.2 Å². The van der Waals surface area contributed by atoms with Crippen LogP contribution in [0.3, 0.4) is 0 Å². The summed E-state index contributed by atoms with van der Waals surface area (Å²) < 4.78 is 51.5. The lowest BCUT2D eigenvalue weighted by atomic mass is 10.1. The number of carbonyl (C=O) groups is 2. The Kier molecular flexibility index (Phi) is 11.4. The molecule has 0 saturated heterocycles. The molecule has 4 rings (SSSR count). The van der Waals surface area contributed by atoms with Gasteiger partial charge in [-0.05, 0) is 56.5 Å². The van der Waals surface area contributed by atoms with Crippen LogP contribution in [-0.2, 0) is 26.2 Å². The molecule has 0 spiro atoms. The molecule has 0 bridgehead atoms. The van der Waals surface area contributed by atoms with Gasteiger partial charge >= 0.3 is 0 Å². The van der Waals surface area contributed by atoms with E-state index in [2.05, 4.69) is 5.32 Å². The van der Waals surface area contributed by atoms with E-state index < -0.39 is 28.5 Å². The predicted octanol–water partition coefficient (Wildman–Crippen LogP) is 4.70. The van der Waals surface area contributed by atoms with E-state index in [0.29, 0.717) is 11.5 Å². The lowest BCUT2D eigenvalue weighted by molar-refractivity contribution is -0.139. The van der Waals surface area contributed by atoms with Crippen molar-refractivity contribution in [3.63, 3.8) is 0 Å². The van der Waals surface area contributed by atoms with Crippen molar-refractivity contribution < 1.29 is 37.0 Å². The van der Waals surface area contributed by atoms with Crippen molar-refractivity contribution in [2.75, 3.05) is 39.3 Å². The highest BCUT2D eigenvalue weighted by Gasteiger charge is 2.35. The maximum atomic E-state index is 14.4. The average Bonchev–Trinajstić information content (AvgIpc) is 3.57. The van der Waals surface area contributed by atoms with Crippen molar-refractivity contribution in [2.45, 2.75) is 63.1 Å². The molecule has 46 heavy (non-hydrogen) atoms. The standard InChI is InChI=1S/C34H43N3O8S/c1-23-10-9-11-25(18-23)21-36(24(2)34(39)35-26-12-7-8-13-26)33(38)22-37(29-19-27(42-3)14-16-30(29)43-4)46(40,41)28-15-17-31(44-5)32(20-28)45-6/h9-11,14-20,24,26H,7-8,12-13,21-22H2,1-6H3,(H,35,39). The number of aryl methyl sites for hydroxylation is 1. The molecular formula is C34H43N3O8S. The van der Waals surface area contributed by atoms with Crippen LogP contribution in [0.25, 0.3) is 0 Å². The summed E-state index contributed by atoms with van der Waals surface area (Å²) in [6.07, 6.45) is 3.85. The van der Waals surface area contributed by atoms with Crippen LogP contribution >= 0.6 is 0 Å². The van der Waals surface area contributed by atoms with Crippen molar-refractivity contribution in [2.24, 2.45) is 0 Å². The highest BCUT2D eigenvalue weighted by atomic mass is 32.2. The zero-order chi connectivity index (χ0) is 33.4. The second-order valence-corrected chi connectivity index (χ2v) is 13.1. The van der Waals surface area contributed by atoms with E-state index >= 15 is 0 Å². The van der Waals surface area contributed by atoms with Crippen molar-refractivity contribution in [3.05, 3.63) is 71.8 Å². The van der Waals surface area contributed by atoms with Crippen LogP contribution in [0.5, 0.6) is 23.0 Å². The minimum atomic E-state index is -4.43. The smallest absolute Gasteiger partial charge is 0.265 e. The zero-order valence-corrected chi connectivity index (χ0v) is 28.1. The lowest BCUT2D eigenvalue weighted by Gasteiger charge is -2.33. The minimum absolute atomic E-state index is 0.0499. The van der Waals surface area contributed by atoms with Gasteiger partial charge in [0.2, 0.25) is 11.8 Å². The fourth-order valence-electron chi connectivity index (χ4n) is 5.59. The molecule has 1 atom stereocenters. The summed E-state index contributed by atoms with van der Waals surface area (Å²) in [5.74, 6) is 0.234. The van der Waals surface area contributed by atoms with Crippen LogP contribution in [0.4, 0.5) is 5.69 Å². The SMILES string of the molecule is COc1ccc(OC)c(N(CC(=O)N(Cc2cccc(C)c2)C(C)C(=O)NC2CCCC2)S(=O)(=O)c2ccc(OC)c(OC)c2)c1. The Morgan fingerprint density at radius 3 is 2.17 bits per heavy atom. The fraction of sp³-hybridized carbons (Fsp3) is 0.412.